The van der Waals surface area contributed by atoms with E-state index in [0.717, 1.165) is 18.2 Å². The number of carboxylic acids is 1. The van der Waals surface area contributed by atoms with Gasteiger partial charge in [0.1, 0.15) is 18.7 Å². The first-order valence-electron chi connectivity index (χ1n) is 17.5. The van der Waals surface area contributed by atoms with Gasteiger partial charge in [-0.1, -0.05) is 78.4 Å². The number of hydrogen-bond donors (Lipinski definition) is 6. The maximum atomic E-state index is 13.7. The molecule has 3 atom stereocenters. The van der Waals surface area contributed by atoms with Crippen LogP contribution in [0.4, 0.5) is 4.79 Å². The fraction of sp³-hybridized carbons (Fsp3) is 0.395. The molecule has 3 amide bonds. The van der Waals surface area contributed by atoms with E-state index in [4.69, 9.17) is 15.2 Å². The van der Waals surface area contributed by atoms with Crippen LogP contribution in [0.15, 0.2) is 89.8 Å². The Morgan fingerprint density at radius 3 is 2.02 bits per heavy atom. The number of ether oxygens (including phenoxy) is 2. The molecule has 16 heteroatoms. The third-order valence-corrected chi connectivity index (χ3v) is 9.97. The number of carbonyl (C=O) groups excluding carboxylic acids is 4. The summed E-state index contributed by atoms with van der Waals surface area (Å²) in [4.78, 5) is 64.3. The van der Waals surface area contributed by atoms with Crippen LogP contribution in [0.1, 0.15) is 55.2 Å². The number of carboxylic acid groups (broad SMARTS) is 1. The molecule has 3 aromatic carbocycles. The monoisotopic (exact) mass is 767 g/mol. The number of nitrogens with two attached hydrogens (primary N) is 1. The van der Waals surface area contributed by atoms with E-state index in [1.54, 1.807) is 42.5 Å². The number of sulfonamides is 1. The average Bonchev–Trinajstić information content (AvgIpc) is 3.16. The van der Waals surface area contributed by atoms with Gasteiger partial charge in [0.25, 0.3) is 5.91 Å². The number of alkyl carbamates (subject to hydrolysis) is 1. The number of aliphatic carboxylic acids is 1. The Labute approximate surface area is 315 Å². The number of nitrogens with one attached hydrogen (secondary N) is 4. The number of rotatable bonds is 22. The van der Waals surface area contributed by atoms with Crippen LogP contribution in [0.3, 0.4) is 0 Å². The third kappa shape index (κ3) is 13.9. The first-order chi connectivity index (χ1) is 25.7. The Hall–Kier alpha value is -5.32. The zero-order chi connectivity index (χ0) is 39.6. The maximum Gasteiger partial charge on any atom is 0.407 e. The Morgan fingerprint density at radius 2 is 1.41 bits per heavy atom. The standard InChI is InChI=1S/C38H49N5O10S/c1-27-18-20-30(21-19-27)54(50,51)41-24-12-10-22-38(39,36(48)52-2)35(47)43-32(25-28-13-5-3-6-14-28)33(44)42-31(34(45)46)17-9-11-23-40-37(49)53-26-29-15-7-4-8-16-29/h3-8,13-16,18-21,31-32,41H,9-12,17,22-26,39H2,1-2H3,(H,40,49)(H,42,44)(H,43,47)(H,45,46)/t31-,32-,38+/m0/s1. The van der Waals surface area contributed by atoms with Gasteiger partial charge in [-0.05, 0) is 68.7 Å². The lowest BCUT2D eigenvalue weighted by atomic mass is 9.91. The van der Waals surface area contributed by atoms with Gasteiger partial charge in [0.15, 0.2) is 5.54 Å². The van der Waals surface area contributed by atoms with Gasteiger partial charge < -0.3 is 36.3 Å². The molecule has 15 nitrogen and oxygen atoms in total. The average molecular weight is 768 g/mol. The number of unbranched alkanes of at least 4 members (excludes halogenated alkanes) is 2. The van der Waals surface area contributed by atoms with Crippen molar-refractivity contribution in [1.29, 1.82) is 0 Å². The smallest absolute Gasteiger partial charge is 0.407 e. The van der Waals surface area contributed by atoms with Gasteiger partial charge in [0, 0.05) is 19.5 Å². The van der Waals surface area contributed by atoms with Crippen molar-refractivity contribution in [3.05, 3.63) is 102 Å². The molecule has 54 heavy (non-hydrogen) atoms. The molecular weight excluding hydrogens is 719 g/mol. The summed E-state index contributed by atoms with van der Waals surface area (Å²) in [5.41, 5.74) is 6.45. The highest BCUT2D eigenvalue weighted by atomic mass is 32.2. The van der Waals surface area contributed by atoms with E-state index >= 15 is 0 Å². The van der Waals surface area contributed by atoms with E-state index in [9.17, 15) is 37.5 Å². The van der Waals surface area contributed by atoms with Crippen LogP contribution in [0.5, 0.6) is 0 Å². The maximum absolute atomic E-state index is 13.7. The number of aryl methyl sites for hydroxylation is 1. The number of esters is 1. The fourth-order valence-electron chi connectivity index (χ4n) is 5.34. The molecule has 0 saturated heterocycles. The molecule has 3 aromatic rings. The third-order valence-electron chi connectivity index (χ3n) is 8.50. The summed E-state index contributed by atoms with van der Waals surface area (Å²) < 4.78 is 37.7. The summed E-state index contributed by atoms with van der Waals surface area (Å²) >= 11 is 0. The highest BCUT2D eigenvalue weighted by Gasteiger charge is 2.44. The quantitative estimate of drug-likeness (QED) is 0.0494. The Kier molecular flexibility index (Phi) is 17.1. The van der Waals surface area contributed by atoms with E-state index in [2.05, 4.69) is 20.7 Å². The van der Waals surface area contributed by atoms with Gasteiger partial charge in [-0.15, -0.1) is 0 Å². The van der Waals surface area contributed by atoms with Crippen molar-refractivity contribution in [3.8, 4) is 0 Å². The second-order valence-corrected chi connectivity index (χ2v) is 14.5. The first kappa shape index (κ1) is 43.1. The largest absolute Gasteiger partial charge is 0.480 e. The molecule has 0 bridgehead atoms. The first-order valence-corrected chi connectivity index (χ1v) is 19.0. The van der Waals surface area contributed by atoms with Crippen molar-refractivity contribution in [2.75, 3.05) is 20.2 Å². The molecule has 0 spiro atoms. The van der Waals surface area contributed by atoms with Gasteiger partial charge in [-0.2, -0.15) is 0 Å². The molecule has 0 aliphatic heterocycles. The molecule has 0 fully saturated rings. The molecule has 0 aliphatic carbocycles. The van der Waals surface area contributed by atoms with E-state index in [1.807, 2.05) is 37.3 Å². The predicted octanol–water partition coefficient (Wildman–Crippen LogP) is 2.71. The molecule has 0 saturated carbocycles. The van der Waals surface area contributed by atoms with Crippen molar-refractivity contribution in [2.45, 2.75) is 81.0 Å². The van der Waals surface area contributed by atoms with Crippen molar-refractivity contribution >= 4 is 39.9 Å². The Bertz CT molecular complexity index is 1790. The van der Waals surface area contributed by atoms with E-state index in [-0.39, 0.29) is 56.7 Å². The molecule has 0 heterocycles. The minimum absolute atomic E-state index is 0.000890. The zero-order valence-electron chi connectivity index (χ0n) is 30.4. The van der Waals surface area contributed by atoms with Crippen LogP contribution in [0, 0.1) is 6.92 Å². The summed E-state index contributed by atoms with van der Waals surface area (Å²) in [6, 6.07) is 21.4. The number of methoxy groups -OCH3 is 1. The van der Waals surface area contributed by atoms with E-state index in [0.29, 0.717) is 18.4 Å². The lowest BCUT2D eigenvalue weighted by Crippen LogP contribution is -2.64. The van der Waals surface area contributed by atoms with Gasteiger partial charge in [0.2, 0.25) is 15.9 Å². The molecular formula is C38H49N5O10S. The fourth-order valence-corrected chi connectivity index (χ4v) is 6.41. The Balaban J connectivity index is 1.59. The van der Waals surface area contributed by atoms with Crippen LogP contribution in [0.2, 0.25) is 0 Å². The summed E-state index contributed by atoms with van der Waals surface area (Å²) in [5.74, 6) is -4.22. The summed E-state index contributed by atoms with van der Waals surface area (Å²) in [6.07, 6.45) is 0.157. The summed E-state index contributed by atoms with van der Waals surface area (Å²) in [7, 11) is -2.73. The number of hydrogen-bond acceptors (Lipinski definition) is 10. The van der Waals surface area contributed by atoms with Crippen LogP contribution >= 0.6 is 0 Å². The van der Waals surface area contributed by atoms with Crippen molar-refractivity contribution in [2.24, 2.45) is 5.73 Å². The predicted molar refractivity (Wildman–Crippen MR) is 199 cm³/mol. The number of benzene rings is 3. The minimum Gasteiger partial charge on any atom is -0.480 e. The van der Waals surface area contributed by atoms with E-state index in [1.165, 1.54) is 12.1 Å². The van der Waals surface area contributed by atoms with Crippen molar-refractivity contribution < 1.29 is 47.0 Å². The topological polar surface area (TPSA) is 232 Å². The van der Waals surface area contributed by atoms with Crippen LogP contribution < -0.4 is 26.4 Å². The zero-order valence-corrected chi connectivity index (χ0v) is 31.2. The van der Waals surface area contributed by atoms with Gasteiger partial charge in [-0.3, -0.25) is 9.59 Å². The normalized spacial score (nSPS) is 13.4. The molecule has 292 valence electrons. The number of carbonyl (C=O) groups is 5. The van der Waals surface area contributed by atoms with Crippen molar-refractivity contribution in [3.63, 3.8) is 0 Å². The van der Waals surface area contributed by atoms with Crippen LogP contribution in [0.25, 0.3) is 0 Å². The highest BCUT2D eigenvalue weighted by molar-refractivity contribution is 7.89. The molecule has 0 radical (unpaired) electrons. The second kappa shape index (κ2) is 21.4. The summed E-state index contributed by atoms with van der Waals surface area (Å²) in [6.45, 7) is 2.15. The minimum atomic E-state index is -3.79. The molecule has 7 N–H and O–H groups in total. The molecule has 0 aromatic heterocycles. The van der Waals surface area contributed by atoms with Crippen LogP contribution in [-0.4, -0.2) is 81.2 Å². The van der Waals surface area contributed by atoms with E-state index < -0.39 is 57.5 Å². The SMILES string of the molecule is COC(=O)[C@@](N)(CCCCNS(=O)(=O)c1ccc(C)cc1)C(=O)N[C@@H](Cc1ccccc1)C(=O)N[C@@H](CCCCNC(=O)OCc1ccccc1)C(=O)O. The molecule has 0 unspecified atom stereocenters. The lowest BCUT2D eigenvalue weighted by molar-refractivity contribution is -0.153. The van der Waals surface area contributed by atoms with Gasteiger partial charge in [-0.25, -0.2) is 27.5 Å². The van der Waals surface area contributed by atoms with Crippen LogP contribution in [-0.2, 0) is 51.7 Å². The van der Waals surface area contributed by atoms with Gasteiger partial charge >= 0.3 is 18.0 Å². The molecule has 3 rings (SSSR count). The number of amides is 3. The van der Waals surface area contributed by atoms with Crippen molar-refractivity contribution in [1.82, 2.24) is 20.7 Å². The second-order valence-electron chi connectivity index (χ2n) is 12.7. The lowest BCUT2D eigenvalue weighted by Gasteiger charge is -2.29. The highest BCUT2D eigenvalue weighted by Crippen LogP contribution is 2.17. The summed E-state index contributed by atoms with van der Waals surface area (Å²) in [5, 5.41) is 17.5. The molecule has 0 aliphatic rings. The Morgan fingerprint density at radius 1 is 0.796 bits per heavy atom. The van der Waals surface area contributed by atoms with Gasteiger partial charge in [0.05, 0.1) is 12.0 Å².